The van der Waals surface area contributed by atoms with Crippen LogP contribution in [-0.4, -0.2) is 67.4 Å². The lowest BCUT2D eigenvalue weighted by Gasteiger charge is -2.40. The standard InChI is InChI=1S/C29H33N3O5S/c1-36-25-11-10-21(17-26(25)37-2)12-14-30-27(33)18-24-29(35)31(19-22-7-4-3-5-8-22)20-28(34)32(24)15-13-23-9-6-16-38-23/h3-11,16-17,24H,12-15,18-20H2,1-2H3,(H,30,33). The van der Waals surface area contributed by atoms with Crippen LogP contribution in [0.5, 0.6) is 11.5 Å². The molecule has 3 amide bonds. The maximum absolute atomic E-state index is 13.5. The minimum Gasteiger partial charge on any atom is -0.493 e. The van der Waals surface area contributed by atoms with Gasteiger partial charge in [-0.25, -0.2) is 0 Å². The van der Waals surface area contributed by atoms with E-state index in [1.165, 1.54) is 0 Å². The van der Waals surface area contributed by atoms with Gasteiger partial charge in [-0.2, -0.15) is 0 Å². The third-order valence-electron chi connectivity index (χ3n) is 6.58. The van der Waals surface area contributed by atoms with Gasteiger partial charge in [-0.3, -0.25) is 14.4 Å². The van der Waals surface area contributed by atoms with Crippen LogP contribution in [0.2, 0.25) is 0 Å². The summed E-state index contributed by atoms with van der Waals surface area (Å²) in [4.78, 5) is 44.0. The monoisotopic (exact) mass is 535 g/mol. The highest BCUT2D eigenvalue weighted by Crippen LogP contribution is 2.27. The Morgan fingerprint density at radius 2 is 1.76 bits per heavy atom. The number of ether oxygens (including phenoxy) is 2. The molecular formula is C29H33N3O5S. The molecule has 1 N–H and O–H groups in total. The first-order valence-electron chi connectivity index (χ1n) is 12.6. The molecule has 8 nitrogen and oxygen atoms in total. The number of nitrogens with zero attached hydrogens (tertiary/aromatic N) is 2. The van der Waals surface area contributed by atoms with Crippen molar-refractivity contribution in [2.75, 3.05) is 33.9 Å². The summed E-state index contributed by atoms with van der Waals surface area (Å²) < 4.78 is 10.6. The van der Waals surface area contributed by atoms with Crippen LogP contribution in [0.3, 0.4) is 0 Å². The van der Waals surface area contributed by atoms with E-state index in [9.17, 15) is 14.4 Å². The van der Waals surface area contributed by atoms with Gasteiger partial charge in [0.05, 0.1) is 20.6 Å². The van der Waals surface area contributed by atoms with Gasteiger partial charge in [0.15, 0.2) is 11.5 Å². The molecule has 0 aliphatic carbocycles. The van der Waals surface area contributed by atoms with Gasteiger partial charge in [0, 0.05) is 24.5 Å². The molecule has 0 saturated carbocycles. The lowest BCUT2D eigenvalue weighted by atomic mass is 10.0. The highest BCUT2D eigenvalue weighted by molar-refractivity contribution is 7.09. The minimum atomic E-state index is -0.832. The van der Waals surface area contributed by atoms with Crippen LogP contribution in [0.4, 0.5) is 0 Å². The lowest BCUT2D eigenvalue weighted by Crippen LogP contribution is -2.60. The second-order valence-electron chi connectivity index (χ2n) is 9.11. The van der Waals surface area contributed by atoms with E-state index in [-0.39, 0.29) is 30.7 Å². The van der Waals surface area contributed by atoms with Crippen molar-refractivity contribution >= 4 is 29.1 Å². The zero-order chi connectivity index (χ0) is 26.9. The van der Waals surface area contributed by atoms with Crippen molar-refractivity contribution in [1.29, 1.82) is 0 Å². The number of thiophene rings is 1. The zero-order valence-corrected chi connectivity index (χ0v) is 22.5. The maximum atomic E-state index is 13.5. The fourth-order valence-electron chi connectivity index (χ4n) is 4.58. The average Bonchev–Trinajstić information content (AvgIpc) is 3.45. The topological polar surface area (TPSA) is 88.2 Å². The SMILES string of the molecule is COc1ccc(CCNC(=O)CC2C(=O)N(Cc3ccccc3)CC(=O)N2CCc2cccs2)cc1OC. The third kappa shape index (κ3) is 6.92. The zero-order valence-electron chi connectivity index (χ0n) is 21.7. The molecule has 0 spiro atoms. The quantitative estimate of drug-likeness (QED) is 0.385. The number of methoxy groups -OCH3 is 2. The van der Waals surface area contributed by atoms with Gasteiger partial charge in [-0.1, -0.05) is 42.5 Å². The summed E-state index contributed by atoms with van der Waals surface area (Å²) in [5.41, 5.74) is 1.93. The number of nitrogens with one attached hydrogen (secondary N) is 1. The largest absolute Gasteiger partial charge is 0.493 e. The molecule has 38 heavy (non-hydrogen) atoms. The fourth-order valence-corrected chi connectivity index (χ4v) is 5.28. The molecule has 1 aliphatic rings. The molecule has 200 valence electrons. The van der Waals surface area contributed by atoms with Gasteiger partial charge >= 0.3 is 0 Å². The average molecular weight is 536 g/mol. The second-order valence-corrected chi connectivity index (χ2v) is 10.1. The van der Waals surface area contributed by atoms with E-state index < -0.39 is 6.04 Å². The highest BCUT2D eigenvalue weighted by Gasteiger charge is 2.40. The Bertz CT molecular complexity index is 1230. The molecule has 1 saturated heterocycles. The first-order chi connectivity index (χ1) is 18.5. The van der Waals surface area contributed by atoms with Gasteiger partial charge < -0.3 is 24.6 Å². The van der Waals surface area contributed by atoms with Crippen molar-refractivity contribution < 1.29 is 23.9 Å². The Labute approximate surface area is 227 Å². The summed E-state index contributed by atoms with van der Waals surface area (Å²) in [7, 11) is 3.16. The summed E-state index contributed by atoms with van der Waals surface area (Å²) >= 11 is 1.62. The summed E-state index contributed by atoms with van der Waals surface area (Å²) in [6.45, 7) is 1.14. The predicted octanol–water partition coefficient (Wildman–Crippen LogP) is 3.30. The van der Waals surface area contributed by atoms with E-state index in [1.54, 1.807) is 35.4 Å². The summed E-state index contributed by atoms with van der Waals surface area (Å²) in [5, 5.41) is 4.91. The number of amides is 3. The summed E-state index contributed by atoms with van der Waals surface area (Å²) in [5.74, 6) is 0.667. The van der Waals surface area contributed by atoms with E-state index in [1.807, 2.05) is 66.0 Å². The van der Waals surface area contributed by atoms with Crippen LogP contribution >= 0.6 is 11.3 Å². The molecule has 4 rings (SSSR count). The second kappa shape index (κ2) is 13.1. The number of carbonyl (C=O) groups excluding carboxylic acids is 3. The molecule has 2 aromatic carbocycles. The van der Waals surface area contributed by atoms with Gasteiger partial charge in [-0.05, 0) is 47.5 Å². The van der Waals surface area contributed by atoms with Crippen LogP contribution < -0.4 is 14.8 Å². The van der Waals surface area contributed by atoms with Crippen LogP contribution in [0.25, 0.3) is 0 Å². The normalized spacial score (nSPS) is 15.5. The van der Waals surface area contributed by atoms with Gasteiger partial charge in [0.25, 0.3) is 0 Å². The number of benzene rings is 2. The van der Waals surface area contributed by atoms with Crippen molar-refractivity contribution in [3.8, 4) is 11.5 Å². The molecular weight excluding hydrogens is 502 g/mol. The van der Waals surface area contributed by atoms with E-state index >= 15 is 0 Å². The number of piperazine rings is 1. The Kier molecular flexibility index (Phi) is 9.37. The van der Waals surface area contributed by atoms with Crippen molar-refractivity contribution in [3.63, 3.8) is 0 Å². The smallest absolute Gasteiger partial charge is 0.246 e. The molecule has 1 aromatic heterocycles. The van der Waals surface area contributed by atoms with Crippen molar-refractivity contribution in [3.05, 3.63) is 82.0 Å². The minimum absolute atomic E-state index is 0.00951. The number of carbonyl (C=O) groups is 3. The molecule has 1 aliphatic heterocycles. The maximum Gasteiger partial charge on any atom is 0.246 e. The summed E-state index contributed by atoms with van der Waals surface area (Å²) in [6, 6.07) is 18.3. The molecule has 1 atom stereocenters. The molecule has 0 radical (unpaired) electrons. The van der Waals surface area contributed by atoms with Crippen molar-refractivity contribution in [2.45, 2.75) is 31.8 Å². The van der Waals surface area contributed by atoms with Crippen LogP contribution in [0.15, 0.2) is 66.0 Å². The van der Waals surface area contributed by atoms with Crippen LogP contribution in [0.1, 0.15) is 22.4 Å². The predicted molar refractivity (Wildman–Crippen MR) is 146 cm³/mol. The van der Waals surface area contributed by atoms with E-state index in [4.69, 9.17) is 9.47 Å². The fraction of sp³-hybridized carbons (Fsp3) is 0.345. The Morgan fingerprint density at radius 3 is 2.47 bits per heavy atom. The molecule has 1 fully saturated rings. The van der Waals surface area contributed by atoms with Gasteiger partial charge in [0.1, 0.15) is 12.6 Å². The summed E-state index contributed by atoms with van der Waals surface area (Å²) in [6.07, 6.45) is 1.16. The molecule has 9 heteroatoms. The first kappa shape index (κ1) is 27.2. The molecule has 3 aromatic rings. The van der Waals surface area contributed by atoms with Gasteiger partial charge in [0.2, 0.25) is 17.7 Å². The van der Waals surface area contributed by atoms with E-state index in [0.717, 1.165) is 16.0 Å². The van der Waals surface area contributed by atoms with Crippen LogP contribution in [-0.2, 0) is 33.8 Å². The Morgan fingerprint density at radius 1 is 0.974 bits per heavy atom. The number of hydrogen-bond acceptors (Lipinski definition) is 6. The number of hydrogen-bond donors (Lipinski definition) is 1. The van der Waals surface area contributed by atoms with Crippen LogP contribution in [0, 0.1) is 0 Å². The molecule has 1 unspecified atom stereocenters. The molecule has 2 heterocycles. The van der Waals surface area contributed by atoms with Crippen molar-refractivity contribution in [2.24, 2.45) is 0 Å². The Hall–Kier alpha value is -3.85. The van der Waals surface area contributed by atoms with Gasteiger partial charge in [-0.15, -0.1) is 11.3 Å². The van der Waals surface area contributed by atoms with E-state index in [2.05, 4.69) is 5.32 Å². The highest BCUT2D eigenvalue weighted by atomic mass is 32.1. The third-order valence-corrected chi connectivity index (χ3v) is 7.51. The lowest BCUT2D eigenvalue weighted by molar-refractivity contribution is -0.157. The molecule has 0 bridgehead atoms. The van der Waals surface area contributed by atoms with E-state index in [0.29, 0.717) is 44.0 Å². The first-order valence-corrected chi connectivity index (χ1v) is 13.5. The number of rotatable bonds is 12. The van der Waals surface area contributed by atoms with Crippen molar-refractivity contribution in [1.82, 2.24) is 15.1 Å². The Balaban J connectivity index is 1.41.